The van der Waals surface area contributed by atoms with E-state index in [-0.39, 0.29) is 22.7 Å². The Hall–Kier alpha value is -2.94. The maximum Gasteiger partial charge on any atom is 0.205 e. The third-order valence-electron chi connectivity index (χ3n) is 4.90. The van der Waals surface area contributed by atoms with Gasteiger partial charge in [0.25, 0.3) is 0 Å². The maximum absolute atomic E-state index is 13.0. The Balaban J connectivity index is 2.17. The van der Waals surface area contributed by atoms with E-state index in [2.05, 4.69) is 6.07 Å². The molecule has 1 atom stereocenters. The van der Waals surface area contributed by atoms with Crippen molar-refractivity contribution in [2.45, 2.75) is 39.5 Å². The van der Waals surface area contributed by atoms with Gasteiger partial charge in [-0.05, 0) is 30.0 Å². The molecule has 1 aliphatic carbocycles. The molecule has 2 aliphatic rings. The Morgan fingerprint density at radius 1 is 1.33 bits per heavy atom. The van der Waals surface area contributed by atoms with Crippen molar-refractivity contribution in [2.75, 3.05) is 13.7 Å². The molecule has 0 fully saturated rings. The first-order chi connectivity index (χ1) is 12.8. The van der Waals surface area contributed by atoms with Gasteiger partial charge in [-0.2, -0.15) is 5.26 Å². The average molecular weight is 368 g/mol. The molecule has 142 valence electrons. The van der Waals surface area contributed by atoms with E-state index in [9.17, 15) is 10.1 Å². The van der Waals surface area contributed by atoms with Gasteiger partial charge >= 0.3 is 0 Å². The van der Waals surface area contributed by atoms with Crippen LogP contribution < -0.4 is 15.2 Å². The number of Topliss-reactive ketones (excluding diaryl/α,β-unsaturated/α-hetero) is 1. The number of carbonyl (C=O) groups excluding carboxylic acids is 1. The van der Waals surface area contributed by atoms with Gasteiger partial charge in [0.05, 0.1) is 19.6 Å². The predicted molar refractivity (Wildman–Crippen MR) is 99.9 cm³/mol. The molecule has 6 nitrogen and oxygen atoms in total. The first-order valence-electron chi connectivity index (χ1n) is 8.96. The second-order valence-corrected chi connectivity index (χ2v) is 7.55. The molecule has 0 saturated heterocycles. The second-order valence-electron chi connectivity index (χ2n) is 7.55. The molecule has 27 heavy (non-hydrogen) atoms. The summed E-state index contributed by atoms with van der Waals surface area (Å²) < 4.78 is 16.7. The quantitative estimate of drug-likeness (QED) is 0.873. The molecule has 6 heteroatoms. The van der Waals surface area contributed by atoms with Crippen LogP contribution in [0, 0.1) is 16.7 Å². The van der Waals surface area contributed by atoms with Gasteiger partial charge in [-0.25, -0.2) is 0 Å². The van der Waals surface area contributed by atoms with Gasteiger partial charge < -0.3 is 19.9 Å². The van der Waals surface area contributed by atoms with Crippen molar-refractivity contribution in [3.8, 4) is 17.6 Å². The Labute approximate surface area is 159 Å². The summed E-state index contributed by atoms with van der Waals surface area (Å²) in [5, 5.41) is 9.69. The lowest BCUT2D eigenvalue weighted by Gasteiger charge is -2.37. The molecule has 1 heterocycles. The summed E-state index contributed by atoms with van der Waals surface area (Å²) >= 11 is 0. The summed E-state index contributed by atoms with van der Waals surface area (Å²) in [6.07, 6.45) is 0.997. The smallest absolute Gasteiger partial charge is 0.205 e. The zero-order valence-corrected chi connectivity index (χ0v) is 16.1. The van der Waals surface area contributed by atoms with Crippen molar-refractivity contribution in [3.63, 3.8) is 0 Å². The fourth-order valence-electron chi connectivity index (χ4n) is 3.76. The Morgan fingerprint density at radius 3 is 2.70 bits per heavy atom. The van der Waals surface area contributed by atoms with E-state index in [1.807, 2.05) is 26.8 Å². The Morgan fingerprint density at radius 2 is 2.07 bits per heavy atom. The molecule has 1 aromatic rings. The molecule has 0 aromatic heterocycles. The Kier molecular flexibility index (Phi) is 4.88. The van der Waals surface area contributed by atoms with Crippen LogP contribution in [0.25, 0.3) is 0 Å². The SMILES string of the molecule is CCOc1cc([C@@H]2C(C#N)=C(N)OC3=C2C(=O)CC(C)(C)C3)ccc1OC. The normalized spacial score (nSPS) is 21.3. The number of nitrogens with two attached hydrogens (primary N) is 1. The third kappa shape index (κ3) is 3.37. The third-order valence-corrected chi connectivity index (χ3v) is 4.90. The molecule has 0 bridgehead atoms. The zero-order valence-electron chi connectivity index (χ0n) is 16.1. The molecule has 0 saturated carbocycles. The summed E-state index contributed by atoms with van der Waals surface area (Å²) in [6.45, 7) is 6.39. The number of nitriles is 1. The summed E-state index contributed by atoms with van der Waals surface area (Å²) in [4.78, 5) is 13.0. The highest BCUT2D eigenvalue weighted by molar-refractivity contribution is 6.00. The lowest BCUT2D eigenvalue weighted by molar-refractivity contribution is -0.119. The predicted octanol–water partition coefficient (Wildman–Crippen LogP) is 3.54. The highest BCUT2D eigenvalue weighted by atomic mass is 16.5. The van der Waals surface area contributed by atoms with Crippen molar-refractivity contribution >= 4 is 5.78 Å². The van der Waals surface area contributed by atoms with E-state index in [0.29, 0.717) is 42.3 Å². The van der Waals surface area contributed by atoms with Crippen molar-refractivity contribution in [3.05, 3.63) is 46.6 Å². The van der Waals surface area contributed by atoms with Gasteiger partial charge in [0, 0.05) is 18.4 Å². The lowest BCUT2D eigenvalue weighted by Crippen LogP contribution is -2.33. The number of hydrogen-bond donors (Lipinski definition) is 1. The minimum atomic E-state index is -0.563. The second kappa shape index (κ2) is 6.99. The van der Waals surface area contributed by atoms with Crippen LogP contribution in [0.4, 0.5) is 0 Å². The van der Waals surface area contributed by atoms with Gasteiger partial charge in [0.1, 0.15) is 17.4 Å². The molecule has 1 aliphatic heterocycles. The van der Waals surface area contributed by atoms with Crippen molar-refractivity contribution in [1.29, 1.82) is 5.26 Å². The van der Waals surface area contributed by atoms with Gasteiger partial charge in [-0.1, -0.05) is 19.9 Å². The van der Waals surface area contributed by atoms with Crippen molar-refractivity contribution in [2.24, 2.45) is 11.1 Å². The zero-order chi connectivity index (χ0) is 19.8. The molecule has 2 N–H and O–H groups in total. The van der Waals surface area contributed by atoms with E-state index in [1.54, 1.807) is 19.2 Å². The van der Waals surface area contributed by atoms with Gasteiger partial charge in [-0.3, -0.25) is 4.79 Å². The maximum atomic E-state index is 13.0. The topological polar surface area (TPSA) is 94.6 Å². The molecule has 1 aromatic carbocycles. The average Bonchev–Trinajstić information content (AvgIpc) is 2.59. The molecular formula is C21H24N2O4. The Bertz CT molecular complexity index is 890. The first-order valence-corrected chi connectivity index (χ1v) is 8.96. The summed E-state index contributed by atoms with van der Waals surface area (Å²) in [7, 11) is 1.57. The number of benzene rings is 1. The fourth-order valence-corrected chi connectivity index (χ4v) is 3.76. The minimum Gasteiger partial charge on any atom is -0.493 e. The number of methoxy groups -OCH3 is 1. The number of allylic oxidation sites excluding steroid dienone is 3. The van der Waals surface area contributed by atoms with Crippen LogP contribution in [0.5, 0.6) is 11.5 Å². The number of nitrogens with zero attached hydrogens (tertiary/aromatic N) is 1. The minimum absolute atomic E-state index is 0.0136. The number of carbonyl (C=O) groups is 1. The van der Waals surface area contributed by atoms with E-state index in [0.717, 1.165) is 5.56 Å². The van der Waals surface area contributed by atoms with Gasteiger partial charge in [-0.15, -0.1) is 0 Å². The van der Waals surface area contributed by atoms with E-state index >= 15 is 0 Å². The van der Waals surface area contributed by atoms with Gasteiger partial charge in [0.15, 0.2) is 17.3 Å². The highest BCUT2D eigenvalue weighted by Gasteiger charge is 2.43. The number of hydrogen-bond acceptors (Lipinski definition) is 6. The molecule has 0 unspecified atom stereocenters. The van der Waals surface area contributed by atoms with Crippen LogP contribution in [-0.2, 0) is 9.53 Å². The number of ketones is 1. The van der Waals surface area contributed by atoms with Crippen LogP contribution in [0.15, 0.2) is 41.0 Å². The van der Waals surface area contributed by atoms with Crippen LogP contribution in [0.1, 0.15) is 45.1 Å². The largest absolute Gasteiger partial charge is 0.493 e. The molecular weight excluding hydrogens is 344 g/mol. The molecule has 0 spiro atoms. The first kappa shape index (κ1) is 18.8. The van der Waals surface area contributed by atoms with Gasteiger partial charge in [0.2, 0.25) is 5.88 Å². The van der Waals surface area contributed by atoms with Crippen LogP contribution in [0.3, 0.4) is 0 Å². The summed E-state index contributed by atoms with van der Waals surface area (Å²) in [5.41, 5.74) is 7.36. The monoisotopic (exact) mass is 368 g/mol. The summed E-state index contributed by atoms with van der Waals surface area (Å²) in [6, 6.07) is 7.54. The number of ether oxygens (including phenoxy) is 3. The van der Waals surface area contributed by atoms with Crippen molar-refractivity contribution in [1.82, 2.24) is 0 Å². The van der Waals surface area contributed by atoms with E-state index in [4.69, 9.17) is 19.9 Å². The lowest BCUT2D eigenvalue weighted by atomic mass is 9.70. The van der Waals surface area contributed by atoms with E-state index < -0.39 is 5.92 Å². The van der Waals surface area contributed by atoms with Crippen LogP contribution >= 0.6 is 0 Å². The molecule has 0 radical (unpaired) electrons. The number of rotatable bonds is 4. The van der Waals surface area contributed by atoms with Crippen molar-refractivity contribution < 1.29 is 19.0 Å². The fraction of sp³-hybridized carbons (Fsp3) is 0.429. The van der Waals surface area contributed by atoms with E-state index in [1.165, 1.54) is 0 Å². The molecule has 0 amide bonds. The standard InChI is InChI=1S/C21H24N2O4/c1-5-26-16-8-12(6-7-15(16)25-4)18-13(11-22)20(23)27-17-10-21(2,3)9-14(24)19(17)18/h6-8,18H,5,9-10,23H2,1-4H3/t18-/m1/s1. The molecule has 3 rings (SSSR count). The summed E-state index contributed by atoms with van der Waals surface area (Å²) in [5.74, 6) is 1.19. The van der Waals surface area contributed by atoms with Crippen LogP contribution in [0.2, 0.25) is 0 Å². The highest BCUT2D eigenvalue weighted by Crippen LogP contribution is 2.48. The van der Waals surface area contributed by atoms with Crippen LogP contribution in [-0.4, -0.2) is 19.5 Å².